The highest BCUT2D eigenvalue weighted by molar-refractivity contribution is 6.30. The Kier molecular flexibility index (Phi) is 3.44. The molecule has 0 saturated carbocycles. The predicted molar refractivity (Wildman–Crippen MR) is 60.6 cm³/mol. The number of piperidine rings is 1. The number of rotatable bonds is 2. The second-order valence-electron chi connectivity index (χ2n) is 3.77. The molecule has 15 heavy (non-hydrogen) atoms. The summed E-state index contributed by atoms with van der Waals surface area (Å²) in [4.78, 5) is 4.39. The van der Waals surface area contributed by atoms with Crippen LogP contribution in [-0.2, 0) is 0 Å². The fourth-order valence-electron chi connectivity index (χ4n) is 2.00. The van der Waals surface area contributed by atoms with Crippen molar-refractivity contribution >= 4 is 11.6 Å². The molecule has 1 aromatic rings. The first kappa shape index (κ1) is 10.7. The number of nitrogens with one attached hydrogen (secondary N) is 1. The molecule has 0 amide bonds. The Labute approximate surface area is 94.8 Å². The van der Waals surface area contributed by atoms with E-state index >= 15 is 0 Å². The second-order valence-corrected chi connectivity index (χ2v) is 4.20. The molecule has 1 saturated heterocycles. The molecule has 0 aromatic carbocycles. The molecular formula is C11H15ClN2O. The van der Waals surface area contributed by atoms with Crippen LogP contribution in [0.4, 0.5) is 0 Å². The first-order chi connectivity index (χ1) is 7.31. The van der Waals surface area contributed by atoms with E-state index in [0.717, 1.165) is 37.4 Å². The van der Waals surface area contributed by atoms with E-state index in [1.165, 1.54) is 0 Å². The number of nitrogens with zero attached hydrogens (tertiary/aromatic N) is 1. The summed E-state index contributed by atoms with van der Waals surface area (Å²) in [5, 5.41) is 3.97. The van der Waals surface area contributed by atoms with Crippen molar-refractivity contribution in [2.75, 3.05) is 20.2 Å². The highest BCUT2D eigenvalue weighted by Crippen LogP contribution is 2.32. The van der Waals surface area contributed by atoms with Crippen molar-refractivity contribution in [1.82, 2.24) is 10.3 Å². The average molecular weight is 227 g/mol. The number of methoxy groups -OCH3 is 1. The molecule has 1 aliphatic heterocycles. The van der Waals surface area contributed by atoms with Crippen LogP contribution in [0.15, 0.2) is 12.3 Å². The minimum absolute atomic E-state index is 0.499. The van der Waals surface area contributed by atoms with E-state index in [1.54, 1.807) is 13.3 Å². The topological polar surface area (TPSA) is 34.1 Å². The van der Waals surface area contributed by atoms with Gasteiger partial charge in [-0.25, -0.2) is 0 Å². The molecule has 1 aliphatic rings. The van der Waals surface area contributed by atoms with Gasteiger partial charge in [0.05, 0.1) is 17.8 Å². The van der Waals surface area contributed by atoms with Gasteiger partial charge in [0.25, 0.3) is 0 Å². The molecule has 0 unspecified atom stereocenters. The fourth-order valence-corrected chi connectivity index (χ4v) is 2.14. The largest absolute Gasteiger partial charge is 0.495 e. The van der Waals surface area contributed by atoms with E-state index in [2.05, 4.69) is 10.3 Å². The van der Waals surface area contributed by atoms with Crippen molar-refractivity contribution in [3.05, 3.63) is 23.0 Å². The summed E-state index contributed by atoms with van der Waals surface area (Å²) in [5.41, 5.74) is 1.04. The summed E-state index contributed by atoms with van der Waals surface area (Å²) in [6.45, 7) is 2.11. The Morgan fingerprint density at radius 3 is 2.87 bits per heavy atom. The van der Waals surface area contributed by atoms with Crippen LogP contribution in [0.25, 0.3) is 0 Å². The standard InChI is InChI=1S/C11H15ClN2O/c1-15-10-6-9(12)7-14-11(10)8-2-4-13-5-3-8/h6-8,13H,2-5H2,1H3. The lowest BCUT2D eigenvalue weighted by atomic mass is 9.93. The van der Waals surface area contributed by atoms with Gasteiger partial charge >= 0.3 is 0 Å². The number of hydrogen-bond acceptors (Lipinski definition) is 3. The van der Waals surface area contributed by atoms with Gasteiger partial charge in [0.1, 0.15) is 5.75 Å². The lowest BCUT2D eigenvalue weighted by molar-refractivity contribution is 0.386. The predicted octanol–water partition coefficient (Wildman–Crippen LogP) is 2.21. The van der Waals surface area contributed by atoms with Crippen LogP contribution in [0, 0.1) is 0 Å². The van der Waals surface area contributed by atoms with Crippen LogP contribution in [0.1, 0.15) is 24.5 Å². The van der Waals surface area contributed by atoms with E-state index in [-0.39, 0.29) is 0 Å². The summed E-state index contributed by atoms with van der Waals surface area (Å²) in [6, 6.07) is 1.84. The molecule has 1 N–H and O–H groups in total. The third-order valence-corrected chi connectivity index (χ3v) is 3.00. The van der Waals surface area contributed by atoms with Gasteiger partial charge in [0, 0.05) is 18.2 Å². The Morgan fingerprint density at radius 2 is 2.20 bits per heavy atom. The van der Waals surface area contributed by atoms with Gasteiger partial charge < -0.3 is 10.1 Å². The molecule has 4 heteroatoms. The van der Waals surface area contributed by atoms with E-state index in [9.17, 15) is 0 Å². The highest BCUT2D eigenvalue weighted by atomic mass is 35.5. The van der Waals surface area contributed by atoms with Gasteiger partial charge in [-0.2, -0.15) is 0 Å². The van der Waals surface area contributed by atoms with Crippen LogP contribution in [-0.4, -0.2) is 25.2 Å². The molecule has 0 aliphatic carbocycles. The second kappa shape index (κ2) is 4.81. The Bertz CT molecular complexity index is 337. The van der Waals surface area contributed by atoms with Gasteiger partial charge in [-0.1, -0.05) is 11.6 Å². The zero-order valence-corrected chi connectivity index (χ0v) is 9.55. The lowest BCUT2D eigenvalue weighted by Crippen LogP contribution is -2.27. The van der Waals surface area contributed by atoms with Crippen molar-refractivity contribution in [2.45, 2.75) is 18.8 Å². The van der Waals surface area contributed by atoms with Crippen molar-refractivity contribution in [3.8, 4) is 5.75 Å². The molecule has 0 atom stereocenters. The molecule has 3 nitrogen and oxygen atoms in total. The Balaban J connectivity index is 2.25. The Hall–Kier alpha value is -0.800. The number of halogens is 1. The SMILES string of the molecule is COc1cc(Cl)cnc1C1CCNCC1. The third kappa shape index (κ3) is 2.41. The maximum absolute atomic E-state index is 5.88. The number of aromatic nitrogens is 1. The molecule has 0 radical (unpaired) electrons. The average Bonchev–Trinajstić information content (AvgIpc) is 2.30. The molecule has 1 fully saturated rings. The van der Waals surface area contributed by atoms with Crippen LogP contribution in [0.2, 0.25) is 5.02 Å². The first-order valence-corrected chi connectivity index (χ1v) is 5.59. The van der Waals surface area contributed by atoms with Crippen LogP contribution < -0.4 is 10.1 Å². The van der Waals surface area contributed by atoms with E-state index in [4.69, 9.17) is 16.3 Å². The highest BCUT2D eigenvalue weighted by Gasteiger charge is 2.20. The molecule has 1 aromatic heterocycles. The number of hydrogen-bond donors (Lipinski definition) is 1. The smallest absolute Gasteiger partial charge is 0.142 e. The zero-order valence-electron chi connectivity index (χ0n) is 8.79. The molecule has 0 bridgehead atoms. The fraction of sp³-hybridized carbons (Fsp3) is 0.545. The van der Waals surface area contributed by atoms with Crippen LogP contribution in [0.5, 0.6) is 5.75 Å². The molecule has 0 spiro atoms. The number of pyridine rings is 1. The maximum atomic E-state index is 5.88. The van der Waals surface area contributed by atoms with E-state index in [1.807, 2.05) is 6.07 Å². The summed E-state index contributed by atoms with van der Waals surface area (Å²) in [5.74, 6) is 1.31. The zero-order chi connectivity index (χ0) is 10.7. The van der Waals surface area contributed by atoms with Crippen LogP contribution in [0.3, 0.4) is 0 Å². The van der Waals surface area contributed by atoms with Gasteiger partial charge in [0.2, 0.25) is 0 Å². The van der Waals surface area contributed by atoms with Gasteiger partial charge in [-0.3, -0.25) is 4.98 Å². The molecule has 82 valence electrons. The molecular weight excluding hydrogens is 212 g/mol. The summed E-state index contributed by atoms with van der Waals surface area (Å²) in [7, 11) is 1.66. The molecule has 2 heterocycles. The van der Waals surface area contributed by atoms with Gasteiger partial charge in [0.15, 0.2) is 0 Å². The van der Waals surface area contributed by atoms with Crippen molar-refractivity contribution in [3.63, 3.8) is 0 Å². The third-order valence-electron chi connectivity index (χ3n) is 2.79. The normalized spacial score (nSPS) is 17.7. The van der Waals surface area contributed by atoms with Crippen molar-refractivity contribution in [1.29, 1.82) is 0 Å². The van der Waals surface area contributed by atoms with Gasteiger partial charge in [-0.05, 0) is 25.9 Å². The van der Waals surface area contributed by atoms with Crippen LogP contribution >= 0.6 is 11.6 Å². The van der Waals surface area contributed by atoms with Crippen molar-refractivity contribution in [2.24, 2.45) is 0 Å². The van der Waals surface area contributed by atoms with Gasteiger partial charge in [-0.15, -0.1) is 0 Å². The monoisotopic (exact) mass is 226 g/mol. The lowest BCUT2D eigenvalue weighted by Gasteiger charge is -2.23. The maximum Gasteiger partial charge on any atom is 0.142 e. The molecule has 2 rings (SSSR count). The summed E-state index contributed by atoms with van der Waals surface area (Å²) < 4.78 is 5.31. The van der Waals surface area contributed by atoms with Crippen molar-refractivity contribution < 1.29 is 4.74 Å². The number of ether oxygens (including phenoxy) is 1. The van der Waals surface area contributed by atoms with E-state index < -0.39 is 0 Å². The summed E-state index contributed by atoms with van der Waals surface area (Å²) >= 11 is 5.88. The summed E-state index contributed by atoms with van der Waals surface area (Å²) in [6.07, 6.45) is 3.93. The first-order valence-electron chi connectivity index (χ1n) is 5.21. The minimum atomic E-state index is 0.499. The quantitative estimate of drug-likeness (QED) is 0.840. The Morgan fingerprint density at radius 1 is 1.47 bits per heavy atom. The minimum Gasteiger partial charge on any atom is -0.495 e. The van der Waals surface area contributed by atoms with E-state index in [0.29, 0.717) is 10.9 Å².